The number of amides is 1. The summed E-state index contributed by atoms with van der Waals surface area (Å²) in [5, 5.41) is 9.64. The minimum absolute atomic E-state index is 0.138. The molecule has 0 fully saturated rings. The minimum atomic E-state index is -0.138. The van der Waals surface area contributed by atoms with Gasteiger partial charge >= 0.3 is 0 Å². The molecule has 0 unspecified atom stereocenters. The van der Waals surface area contributed by atoms with E-state index in [1.165, 1.54) is 18.1 Å². The van der Waals surface area contributed by atoms with E-state index in [9.17, 15) is 4.79 Å². The van der Waals surface area contributed by atoms with Crippen LogP contribution in [0.1, 0.15) is 0 Å². The second-order valence-electron chi connectivity index (χ2n) is 2.99. The molecular weight excluding hydrogens is 306 g/mol. The fourth-order valence-corrected chi connectivity index (χ4v) is 1.84. The van der Waals surface area contributed by atoms with Gasteiger partial charge in [0.25, 0.3) is 0 Å². The maximum atomic E-state index is 11.5. The maximum absolute atomic E-state index is 11.5. The minimum Gasteiger partial charge on any atom is -0.310 e. The fraction of sp³-hybridized carbons (Fsp3) is 0.111. The standard InChI is InChI=1S/C9H8BrN5OS/c10-6-1-2-7(11-3-6)14-8(16)4-17-9-12-5-13-15-9/h1-3,5H,4H2,(H,11,14,16)(H,12,13,15). The summed E-state index contributed by atoms with van der Waals surface area (Å²) in [6, 6.07) is 3.54. The van der Waals surface area contributed by atoms with Gasteiger partial charge in [0.2, 0.25) is 5.91 Å². The van der Waals surface area contributed by atoms with Gasteiger partial charge in [0, 0.05) is 10.7 Å². The number of carbonyl (C=O) groups is 1. The fourth-order valence-electron chi connectivity index (χ4n) is 1.03. The van der Waals surface area contributed by atoms with Gasteiger partial charge in [-0.05, 0) is 28.1 Å². The molecule has 2 rings (SSSR count). The Morgan fingerprint density at radius 2 is 2.35 bits per heavy atom. The van der Waals surface area contributed by atoms with Crippen molar-refractivity contribution < 1.29 is 4.79 Å². The molecule has 0 aliphatic carbocycles. The first-order chi connectivity index (χ1) is 8.24. The average Bonchev–Trinajstić information content (AvgIpc) is 2.83. The first-order valence-corrected chi connectivity index (χ1v) is 6.41. The number of H-pyrrole nitrogens is 1. The van der Waals surface area contributed by atoms with E-state index in [0.29, 0.717) is 11.0 Å². The monoisotopic (exact) mass is 313 g/mol. The highest BCUT2D eigenvalue weighted by Crippen LogP contribution is 2.13. The zero-order chi connectivity index (χ0) is 12.1. The van der Waals surface area contributed by atoms with Crippen molar-refractivity contribution in [3.63, 3.8) is 0 Å². The molecular formula is C9H8BrN5OS. The van der Waals surface area contributed by atoms with Gasteiger partial charge in [-0.1, -0.05) is 11.8 Å². The lowest BCUT2D eigenvalue weighted by atomic mass is 10.4. The van der Waals surface area contributed by atoms with Crippen LogP contribution in [0, 0.1) is 0 Å². The summed E-state index contributed by atoms with van der Waals surface area (Å²) in [5.41, 5.74) is 0. The molecule has 2 N–H and O–H groups in total. The molecule has 0 saturated heterocycles. The summed E-state index contributed by atoms with van der Waals surface area (Å²) in [6.45, 7) is 0. The predicted octanol–water partition coefficient (Wildman–Crippen LogP) is 1.69. The summed E-state index contributed by atoms with van der Waals surface area (Å²) in [5.74, 6) is 0.644. The zero-order valence-corrected chi connectivity index (χ0v) is 11.0. The Bertz CT molecular complexity index is 487. The molecule has 0 atom stereocenters. The van der Waals surface area contributed by atoms with Gasteiger partial charge in [0.15, 0.2) is 5.16 Å². The molecule has 17 heavy (non-hydrogen) atoms. The van der Waals surface area contributed by atoms with E-state index in [-0.39, 0.29) is 11.7 Å². The molecule has 88 valence electrons. The molecule has 0 aliphatic rings. The normalized spacial score (nSPS) is 10.2. The molecule has 0 aliphatic heterocycles. The van der Waals surface area contributed by atoms with Gasteiger partial charge in [-0.15, -0.1) is 0 Å². The molecule has 2 heterocycles. The van der Waals surface area contributed by atoms with Gasteiger partial charge in [0.05, 0.1) is 5.75 Å². The quantitative estimate of drug-likeness (QED) is 0.839. The third-order valence-corrected chi connectivity index (χ3v) is 3.07. The van der Waals surface area contributed by atoms with Gasteiger partial charge in [0.1, 0.15) is 12.1 Å². The van der Waals surface area contributed by atoms with Gasteiger partial charge in [-0.3, -0.25) is 9.89 Å². The Hall–Kier alpha value is -1.41. The van der Waals surface area contributed by atoms with Crippen LogP contribution >= 0.6 is 27.7 Å². The number of aromatic nitrogens is 4. The van der Waals surface area contributed by atoms with Crippen molar-refractivity contribution in [1.82, 2.24) is 20.2 Å². The number of hydrogen-bond donors (Lipinski definition) is 2. The van der Waals surface area contributed by atoms with E-state index in [4.69, 9.17) is 0 Å². The van der Waals surface area contributed by atoms with E-state index >= 15 is 0 Å². The lowest BCUT2D eigenvalue weighted by molar-refractivity contribution is -0.113. The van der Waals surface area contributed by atoms with Crippen LogP contribution in [0.3, 0.4) is 0 Å². The number of nitrogens with one attached hydrogen (secondary N) is 2. The van der Waals surface area contributed by atoms with Crippen molar-refractivity contribution in [2.75, 3.05) is 11.1 Å². The van der Waals surface area contributed by atoms with Crippen LogP contribution in [0.5, 0.6) is 0 Å². The summed E-state index contributed by atoms with van der Waals surface area (Å²) >= 11 is 4.55. The van der Waals surface area contributed by atoms with E-state index < -0.39 is 0 Å². The second kappa shape index (κ2) is 5.78. The molecule has 6 nitrogen and oxygen atoms in total. The molecule has 0 radical (unpaired) electrons. The Kier molecular flexibility index (Phi) is 4.10. The first kappa shape index (κ1) is 12.1. The highest BCUT2D eigenvalue weighted by Gasteiger charge is 2.05. The van der Waals surface area contributed by atoms with Crippen LogP contribution < -0.4 is 5.32 Å². The number of pyridine rings is 1. The highest BCUT2D eigenvalue weighted by atomic mass is 79.9. The molecule has 1 amide bonds. The van der Waals surface area contributed by atoms with Crippen molar-refractivity contribution in [2.45, 2.75) is 5.16 Å². The van der Waals surface area contributed by atoms with Crippen LogP contribution in [0.2, 0.25) is 0 Å². The molecule has 2 aromatic heterocycles. The van der Waals surface area contributed by atoms with Crippen molar-refractivity contribution in [3.8, 4) is 0 Å². The molecule has 2 aromatic rings. The van der Waals surface area contributed by atoms with Crippen LogP contribution in [0.4, 0.5) is 5.82 Å². The zero-order valence-electron chi connectivity index (χ0n) is 8.55. The van der Waals surface area contributed by atoms with Crippen molar-refractivity contribution in [2.24, 2.45) is 0 Å². The second-order valence-corrected chi connectivity index (χ2v) is 4.87. The number of halogens is 1. The first-order valence-electron chi connectivity index (χ1n) is 4.63. The number of aromatic amines is 1. The largest absolute Gasteiger partial charge is 0.310 e. The summed E-state index contributed by atoms with van der Waals surface area (Å²) in [7, 11) is 0. The Morgan fingerprint density at radius 3 is 3.00 bits per heavy atom. The molecule has 8 heteroatoms. The Balaban J connectivity index is 1.83. The lowest BCUT2D eigenvalue weighted by Crippen LogP contribution is -2.14. The molecule has 0 spiro atoms. The molecule has 0 aromatic carbocycles. The molecule has 0 bridgehead atoms. The summed E-state index contributed by atoms with van der Waals surface area (Å²) < 4.78 is 0.867. The van der Waals surface area contributed by atoms with Crippen molar-refractivity contribution >= 4 is 39.4 Å². The van der Waals surface area contributed by atoms with Crippen LogP contribution in [0.25, 0.3) is 0 Å². The number of anilines is 1. The highest BCUT2D eigenvalue weighted by molar-refractivity contribution is 9.10. The van der Waals surface area contributed by atoms with Crippen LogP contribution in [-0.2, 0) is 4.79 Å². The third-order valence-electron chi connectivity index (χ3n) is 1.73. The third kappa shape index (κ3) is 3.82. The lowest BCUT2D eigenvalue weighted by Gasteiger charge is -2.02. The van der Waals surface area contributed by atoms with Crippen LogP contribution in [0.15, 0.2) is 34.3 Å². The molecule has 0 saturated carbocycles. The van der Waals surface area contributed by atoms with Crippen LogP contribution in [-0.4, -0.2) is 31.8 Å². The smallest absolute Gasteiger partial charge is 0.236 e. The van der Waals surface area contributed by atoms with E-state index in [2.05, 4.69) is 41.4 Å². The van der Waals surface area contributed by atoms with Gasteiger partial charge < -0.3 is 5.32 Å². The topological polar surface area (TPSA) is 83.6 Å². The maximum Gasteiger partial charge on any atom is 0.236 e. The summed E-state index contributed by atoms with van der Waals surface area (Å²) in [6.07, 6.45) is 3.02. The predicted molar refractivity (Wildman–Crippen MR) is 67.7 cm³/mol. The van der Waals surface area contributed by atoms with Crippen molar-refractivity contribution in [3.05, 3.63) is 29.1 Å². The Morgan fingerprint density at radius 1 is 1.47 bits per heavy atom. The Labute approximate surface area is 110 Å². The number of hydrogen-bond acceptors (Lipinski definition) is 5. The number of nitrogens with zero attached hydrogens (tertiary/aromatic N) is 3. The number of thioether (sulfide) groups is 1. The van der Waals surface area contributed by atoms with E-state index in [1.807, 2.05) is 6.07 Å². The van der Waals surface area contributed by atoms with E-state index in [1.54, 1.807) is 12.3 Å². The van der Waals surface area contributed by atoms with E-state index in [0.717, 1.165) is 4.47 Å². The number of rotatable bonds is 4. The van der Waals surface area contributed by atoms with Crippen molar-refractivity contribution in [1.29, 1.82) is 0 Å². The van der Waals surface area contributed by atoms with Gasteiger partial charge in [-0.2, -0.15) is 5.10 Å². The van der Waals surface area contributed by atoms with Gasteiger partial charge in [-0.25, -0.2) is 9.97 Å². The number of carbonyl (C=O) groups excluding carboxylic acids is 1. The summed E-state index contributed by atoms with van der Waals surface area (Å²) in [4.78, 5) is 19.5. The SMILES string of the molecule is O=C(CSc1ncn[nH]1)Nc1ccc(Br)cn1. The average molecular weight is 314 g/mol.